The molecule has 0 aliphatic heterocycles. The van der Waals surface area contributed by atoms with Crippen molar-refractivity contribution in [3.63, 3.8) is 0 Å². The summed E-state index contributed by atoms with van der Waals surface area (Å²) >= 11 is 0. The fraction of sp³-hybridized carbons (Fsp3) is 1.00. The molecule has 0 aliphatic rings. The Hall–Kier alpha value is -0.120. The van der Waals surface area contributed by atoms with E-state index >= 15 is 0 Å². The molecule has 0 saturated carbocycles. The van der Waals surface area contributed by atoms with Crippen LogP contribution in [0.1, 0.15) is 40.5 Å². The van der Waals surface area contributed by atoms with Gasteiger partial charge in [0.2, 0.25) is 0 Å². The highest BCUT2D eigenvalue weighted by Gasteiger charge is 2.18. The molecule has 0 aliphatic carbocycles. The van der Waals surface area contributed by atoms with Crippen molar-refractivity contribution in [3.8, 4) is 0 Å². The van der Waals surface area contributed by atoms with Crippen LogP contribution in [0.5, 0.6) is 0 Å². The summed E-state index contributed by atoms with van der Waals surface area (Å²) < 4.78 is 10.8. The van der Waals surface area contributed by atoms with E-state index in [9.17, 15) is 0 Å². The van der Waals surface area contributed by atoms with Crippen LogP contribution >= 0.6 is 0 Å². The Labute approximate surface area is 95.5 Å². The molecule has 0 aromatic heterocycles. The number of methoxy groups -OCH3 is 1. The van der Waals surface area contributed by atoms with E-state index < -0.39 is 0 Å². The van der Waals surface area contributed by atoms with Gasteiger partial charge in [0.15, 0.2) is 6.29 Å². The predicted octanol–water partition coefficient (Wildman–Crippen LogP) is 2.66. The summed E-state index contributed by atoms with van der Waals surface area (Å²) in [7, 11) is 3.68. The van der Waals surface area contributed by atoms with Crippen LogP contribution in [0.15, 0.2) is 0 Å². The number of nitrogens with one attached hydrogen (secondary N) is 1. The summed E-state index contributed by atoms with van der Waals surface area (Å²) in [6.45, 7) is 9.90. The van der Waals surface area contributed by atoms with Crippen LogP contribution in [0, 0.1) is 5.92 Å². The van der Waals surface area contributed by atoms with Gasteiger partial charge in [-0.3, -0.25) is 0 Å². The summed E-state index contributed by atoms with van der Waals surface area (Å²) in [5, 5.41) is 3.14. The van der Waals surface area contributed by atoms with Crippen LogP contribution in [-0.4, -0.2) is 33.6 Å². The zero-order valence-corrected chi connectivity index (χ0v) is 11.3. The van der Waals surface area contributed by atoms with Crippen molar-refractivity contribution in [1.29, 1.82) is 0 Å². The van der Waals surface area contributed by atoms with E-state index in [0.29, 0.717) is 12.5 Å². The first-order valence-corrected chi connectivity index (χ1v) is 6.09. The molecule has 0 heterocycles. The molecule has 15 heavy (non-hydrogen) atoms. The van der Waals surface area contributed by atoms with Crippen LogP contribution in [0.4, 0.5) is 0 Å². The molecule has 3 heteroatoms. The molecule has 2 atom stereocenters. The van der Waals surface area contributed by atoms with Crippen LogP contribution in [-0.2, 0) is 9.47 Å². The highest BCUT2D eigenvalue weighted by Crippen LogP contribution is 2.16. The van der Waals surface area contributed by atoms with Crippen molar-refractivity contribution in [3.05, 3.63) is 0 Å². The average molecular weight is 219 g/mol. The van der Waals surface area contributed by atoms with Crippen LogP contribution in [0.25, 0.3) is 0 Å². The third-order valence-electron chi connectivity index (χ3n) is 2.24. The van der Waals surface area contributed by atoms with Gasteiger partial charge in [-0.05, 0) is 33.4 Å². The van der Waals surface area contributed by atoms with E-state index in [2.05, 4.69) is 12.2 Å². The molecule has 0 saturated heterocycles. The Morgan fingerprint density at radius 3 is 2.13 bits per heavy atom. The minimum absolute atomic E-state index is 0.0386. The maximum atomic E-state index is 5.49. The second-order valence-corrected chi connectivity index (χ2v) is 3.12. The first-order chi connectivity index (χ1) is 7.29. The number of hydrogen-bond acceptors (Lipinski definition) is 3. The van der Waals surface area contributed by atoms with E-state index in [4.69, 9.17) is 9.47 Å². The molecule has 0 aromatic carbocycles. The highest BCUT2D eigenvalue weighted by atomic mass is 16.7. The first kappa shape index (κ1) is 17.3. The average Bonchev–Trinajstić information content (AvgIpc) is 2.31. The van der Waals surface area contributed by atoms with Gasteiger partial charge in [-0.25, -0.2) is 0 Å². The van der Waals surface area contributed by atoms with E-state index in [-0.39, 0.29) is 6.29 Å². The standard InChI is InChI=1S/C10H23NO2.C2H6/c1-5-9(7-8-11-3)10(12-4)13-6-2;1-2/h9-11H,5-8H2,1-4H3;1-2H3. The number of ether oxygens (including phenoxy) is 2. The molecule has 0 fully saturated rings. The topological polar surface area (TPSA) is 30.5 Å². The lowest BCUT2D eigenvalue weighted by atomic mass is 10.0. The molecule has 1 N–H and O–H groups in total. The van der Waals surface area contributed by atoms with Crippen molar-refractivity contribution in [2.75, 3.05) is 27.3 Å². The number of rotatable bonds is 8. The zero-order chi connectivity index (χ0) is 12.1. The molecular formula is C12H29NO2. The molecule has 0 rings (SSSR count). The lowest BCUT2D eigenvalue weighted by Crippen LogP contribution is -2.28. The Balaban J connectivity index is 0. The smallest absolute Gasteiger partial charge is 0.159 e. The fourth-order valence-corrected chi connectivity index (χ4v) is 1.42. The van der Waals surface area contributed by atoms with E-state index in [1.807, 2.05) is 27.8 Å². The van der Waals surface area contributed by atoms with Gasteiger partial charge in [-0.15, -0.1) is 0 Å². The summed E-state index contributed by atoms with van der Waals surface area (Å²) in [5.41, 5.74) is 0. The Morgan fingerprint density at radius 1 is 1.20 bits per heavy atom. The lowest BCUT2D eigenvalue weighted by molar-refractivity contribution is -0.154. The SMILES string of the molecule is CC.CCOC(OC)C(CC)CCNC. The lowest BCUT2D eigenvalue weighted by Gasteiger charge is -2.24. The molecule has 2 unspecified atom stereocenters. The minimum Gasteiger partial charge on any atom is -0.356 e. The molecule has 0 aromatic rings. The van der Waals surface area contributed by atoms with E-state index in [1.54, 1.807) is 7.11 Å². The van der Waals surface area contributed by atoms with Gasteiger partial charge in [0.1, 0.15) is 0 Å². The van der Waals surface area contributed by atoms with Crippen molar-refractivity contribution >= 4 is 0 Å². The molecule has 0 amide bonds. The van der Waals surface area contributed by atoms with Gasteiger partial charge < -0.3 is 14.8 Å². The molecular weight excluding hydrogens is 190 g/mol. The van der Waals surface area contributed by atoms with Gasteiger partial charge in [0, 0.05) is 19.6 Å². The van der Waals surface area contributed by atoms with Crippen LogP contribution < -0.4 is 5.32 Å². The van der Waals surface area contributed by atoms with Crippen molar-refractivity contribution in [1.82, 2.24) is 5.32 Å². The monoisotopic (exact) mass is 219 g/mol. The van der Waals surface area contributed by atoms with E-state index in [1.165, 1.54) is 0 Å². The quantitative estimate of drug-likeness (QED) is 0.637. The summed E-state index contributed by atoms with van der Waals surface area (Å²) in [5.74, 6) is 0.498. The molecule has 94 valence electrons. The molecule has 0 spiro atoms. The second kappa shape index (κ2) is 13.9. The minimum atomic E-state index is -0.0386. The Morgan fingerprint density at radius 2 is 1.80 bits per heavy atom. The van der Waals surface area contributed by atoms with Gasteiger partial charge in [0.05, 0.1) is 0 Å². The van der Waals surface area contributed by atoms with Crippen LogP contribution in [0.2, 0.25) is 0 Å². The van der Waals surface area contributed by atoms with Gasteiger partial charge in [-0.2, -0.15) is 0 Å². The summed E-state index contributed by atoms with van der Waals surface area (Å²) in [6, 6.07) is 0. The normalized spacial score (nSPS) is 14.0. The van der Waals surface area contributed by atoms with Crippen molar-refractivity contribution < 1.29 is 9.47 Å². The summed E-state index contributed by atoms with van der Waals surface area (Å²) in [4.78, 5) is 0. The maximum Gasteiger partial charge on any atom is 0.159 e. The molecule has 3 nitrogen and oxygen atoms in total. The second-order valence-electron chi connectivity index (χ2n) is 3.12. The fourth-order valence-electron chi connectivity index (χ4n) is 1.42. The third kappa shape index (κ3) is 8.85. The first-order valence-electron chi connectivity index (χ1n) is 6.09. The maximum absolute atomic E-state index is 5.49. The van der Waals surface area contributed by atoms with Crippen molar-refractivity contribution in [2.24, 2.45) is 5.92 Å². The number of hydrogen-bond donors (Lipinski definition) is 1. The zero-order valence-electron chi connectivity index (χ0n) is 11.3. The Kier molecular flexibility index (Phi) is 16.0. The predicted molar refractivity (Wildman–Crippen MR) is 66.1 cm³/mol. The van der Waals surface area contributed by atoms with Gasteiger partial charge >= 0.3 is 0 Å². The van der Waals surface area contributed by atoms with E-state index in [0.717, 1.165) is 19.4 Å². The molecule has 0 bridgehead atoms. The summed E-state index contributed by atoms with van der Waals surface area (Å²) in [6.07, 6.45) is 2.16. The molecule has 0 radical (unpaired) electrons. The largest absolute Gasteiger partial charge is 0.356 e. The van der Waals surface area contributed by atoms with Crippen LogP contribution in [0.3, 0.4) is 0 Å². The van der Waals surface area contributed by atoms with Gasteiger partial charge in [0.25, 0.3) is 0 Å². The van der Waals surface area contributed by atoms with Crippen molar-refractivity contribution in [2.45, 2.75) is 46.8 Å². The Bertz CT molecular complexity index is 110. The highest BCUT2D eigenvalue weighted by molar-refractivity contribution is 4.62. The van der Waals surface area contributed by atoms with Gasteiger partial charge in [-0.1, -0.05) is 20.8 Å². The third-order valence-corrected chi connectivity index (χ3v) is 2.24.